The number of rotatable bonds is 3. The standard InChI is InChI=1S/C24H22O3/c1-3-16-10-12-17(13-11-16)24-22(18-6-4-7-19(25)14-18)15(2)23-20(26)8-5-9-21(23)27-24/h4-14,24-26H,3H2,1-2H3/t24-/m0/s1. The first-order valence-electron chi connectivity index (χ1n) is 9.16. The van der Waals surface area contributed by atoms with Gasteiger partial charge >= 0.3 is 0 Å². The number of fused-ring (bicyclic) bond motifs is 1. The Balaban J connectivity index is 1.93. The van der Waals surface area contributed by atoms with E-state index in [1.807, 2.05) is 25.1 Å². The van der Waals surface area contributed by atoms with E-state index in [-0.39, 0.29) is 17.6 Å². The molecule has 136 valence electrons. The minimum absolute atomic E-state index is 0.197. The first kappa shape index (κ1) is 17.2. The van der Waals surface area contributed by atoms with Crippen LogP contribution in [0.5, 0.6) is 17.2 Å². The normalized spacial score (nSPS) is 16.0. The van der Waals surface area contributed by atoms with Gasteiger partial charge in [0.2, 0.25) is 0 Å². The van der Waals surface area contributed by atoms with Crippen LogP contribution in [0.1, 0.15) is 42.2 Å². The summed E-state index contributed by atoms with van der Waals surface area (Å²) >= 11 is 0. The van der Waals surface area contributed by atoms with Crippen molar-refractivity contribution in [3.05, 3.63) is 89.0 Å². The Hall–Kier alpha value is -3.20. The number of phenolic OH excluding ortho intramolecular Hbond substituents is 2. The zero-order valence-electron chi connectivity index (χ0n) is 15.4. The van der Waals surface area contributed by atoms with Crippen molar-refractivity contribution in [3.63, 3.8) is 0 Å². The molecule has 0 aromatic heterocycles. The van der Waals surface area contributed by atoms with E-state index in [9.17, 15) is 10.2 Å². The molecule has 0 unspecified atom stereocenters. The molecule has 2 N–H and O–H groups in total. The summed E-state index contributed by atoms with van der Waals surface area (Å²) in [5.74, 6) is 1.07. The molecular weight excluding hydrogens is 336 g/mol. The van der Waals surface area contributed by atoms with Crippen LogP contribution in [0.25, 0.3) is 11.1 Å². The molecule has 0 radical (unpaired) electrons. The molecule has 0 amide bonds. The minimum Gasteiger partial charge on any atom is -0.508 e. The molecule has 0 fully saturated rings. The smallest absolute Gasteiger partial charge is 0.150 e. The fourth-order valence-corrected chi connectivity index (χ4v) is 3.72. The lowest BCUT2D eigenvalue weighted by Gasteiger charge is -2.31. The third-order valence-electron chi connectivity index (χ3n) is 5.14. The Labute approximate surface area is 159 Å². The Morgan fingerprint density at radius 2 is 1.67 bits per heavy atom. The van der Waals surface area contributed by atoms with E-state index in [1.165, 1.54) is 5.56 Å². The zero-order valence-corrected chi connectivity index (χ0v) is 15.4. The third kappa shape index (κ3) is 3.06. The lowest BCUT2D eigenvalue weighted by molar-refractivity contribution is 0.258. The SMILES string of the molecule is CCc1ccc([C@@H]2Oc3cccc(O)c3C(C)=C2c2cccc(O)c2)cc1. The predicted octanol–water partition coefficient (Wildman–Crippen LogP) is 5.72. The first-order valence-corrected chi connectivity index (χ1v) is 9.16. The highest BCUT2D eigenvalue weighted by molar-refractivity contribution is 5.97. The van der Waals surface area contributed by atoms with Crippen molar-refractivity contribution in [2.24, 2.45) is 0 Å². The third-order valence-corrected chi connectivity index (χ3v) is 5.14. The van der Waals surface area contributed by atoms with Gasteiger partial charge in [-0.1, -0.05) is 49.4 Å². The molecule has 1 aliphatic heterocycles. The summed E-state index contributed by atoms with van der Waals surface area (Å²) in [6.07, 6.45) is 0.670. The summed E-state index contributed by atoms with van der Waals surface area (Å²) in [5, 5.41) is 20.4. The number of benzene rings is 3. The molecule has 0 saturated heterocycles. The molecule has 3 aromatic rings. The Kier molecular flexibility index (Phi) is 4.36. The monoisotopic (exact) mass is 358 g/mol. The lowest BCUT2D eigenvalue weighted by Crippen LogP contribution is -2.16. The van der Waals surface area contributed by atoms with Crippen LogP contribution in [0.4, 0.5) is 0 Å². The fraction of sp³-hybridized carbons (Fsp3) is 0.167. The molecule has 0 aliphatic carbocycles. The van der Waals surface area contributed by atoms with E-state index < -0.39 is 0 Å². The summed E-state index contributed by atoms with van der Waals surface area (Å²) in [6, 6.07) is 20.9. The number of aromatic hydroxyl groups is 2. The highest BCUT2D eigenvalue weighted by atomic mass is 16.5. The molecule has 1 atom stereocenters. The van der Waals surface area contributed by atoms with E-state index >= 15 is 0 Å². The predicted molar refractivity (Wildman–Crippen MR) is 108 cm³/mol. The number of hydrogen-bond acceptors (Lipinski definition) is 3. The van der Waals surface area contributed by atoms with Crippen LogP contribution in [0.3, 0.4) is 0 Å². The lowest BCUT2D eigenvalue weighted by atomic mass is 9.85. The molecule has 1 heterocycles. The van der Waals surface area contributed by atoms with E-state index in [0.717, 1.165) is 28.7 Å². The summed E-state index contributed by atoms with van der Waals surface area (Å²) in [6.45, 7) is 4.13. The summed E-state index contributed by atoms with van der Waals surface area (Å²) in [7, 11) is 0. The molecule has 3 aromatic carbocycles. The van der Waals surface area contributed by atoms with Gasteiger partial charge in [0.25, 0.3) is 0 Å². The van der Waals surface area contributed by atoms with Crippen LogP contribution in [0.2, 0.25) is 0 Å². The van der Waals surface area contributed by atoms with E-state index in [2.05, 4.69) is 31.2 Å². The number of hydrogen-bond donors (Lipinski definition) is 2. The van der Waals surface area contributed by atoms with Gasteiger partial charge in [0.05, 0.1) is 5.56 Å². The van der Waals surface area contributed by atoms with Gasteiger partial charge in [-0.15, -0.1) is 0 Å². The molecule has 27 heavy (non-hydrogen) atoms. The van der Waals surface area contributed by atoms with Crippen molar-refractivity contribution < 1.29 is 14.9 Å². The zero-order chi connectivity index (χ0) is 19.0. The van der Waals surface area contributed by atoms with Crippen molar-refractivity contribution in [1.82, 2.24) is 0 Å². The number of ether oxygens (including phenoxy) is 1. The van der Waals surface area contributed by atoms with Gasteiger partial charge in [0.15, 0.2) is 0 Å². The van der Waals surface area contributed by atoms with Crippen molar-refractivity contribution in [3.8, 4) is 17.2 Å². The second-order valence-electron chi connectivity index (χ2n) is 6.83. The molecule has 3 nitrogen and oxygen atoms in total. The second kappa shape index (κ2) is 6.84. The molecule has 0 bridgehead atoms. The minimum atomic E-state index is -0.313. The number of phenols is 2. The van der Waals surface area contributed by atoms with Crippen molar-refractivity contribution in [2.45, 2.75) is 26.4 Å². The average Bonchev–Trinajstić information content (AvgIpc) is 2.68. The van der Waals surface area contributed by atoms with Crippen molar-refractivity contribution in [1.29, 1.82) is 0 Å². The molecule has 4 rings (SSSR count). The van der Waals surface area contributed by atoms with E-state index in [1.54, 1.807) is 24.3 Å². The highest BCUT2D eigenvalue weighted by Crippen LogP contribution is 2.49. The van der Waals surface area contributed by atoms with Crippen LogP contribution < -0.4 is 4.74 Å². The maximum Gasteiger partial charge on any atom is 0.150 e. The Morgan fingerprint density at radius 3 is 2.37 bits per heavy atom. The quantitative estimate of drug-likeness (QED) is 0.629. The van der Waals surface area contributed by atoms with Crippen molar-refractivity contribution >= 4 is 11.1 Å². The molecule has 3 heteroatoms. The van der Waals surface area contributed by atoms with Gasteiger partial charge in [-0.3, -0.25) is 0 Å². The first-order chi connectivity index (χ1) is 13.1. The van der Waals surface area contributed by atoms with Crippen LogP contribution in [-0.4, -0.2) is 10.2 Å². The summed E-state index contributed by atoms with van der Waals surface area (Å²) in [5.41, 5.74) is 5.79. The summed E-state index contributed by atoms with van der Waals surface area (Å²) in [4.78, 5) is 0. The van der Waals surface area contributed by atoms with Crippen molar-refractivity contribution in [2.75, 3.05) is 0 Å². The van der Waals surface area contributed by atoms with Crippen LogP contribution >= 0.6 is 0 Å². The van der Waals surface area contributed by atoms with Gasteiger partial charge in [-0.25, -0.2) is 0 Å². The maximum absolute atomic E-state index is 10.4. The van der Waals surface area contributed by atoms with Gasteiger partial charge in [-0.2, -0.15) is 0 Å². The average molecular weight is 358 g/mol. The van der Waals surface area contributed by atoms with E-state index in [0.29, 0.717) is 11.3 Å². The molecule has 1 aliphatic rings. The number of allylic oxidation sites excluding steroid dienone is 1. The Morgan fingerprint density at radius 1 is 0.926 bits per heavy atom. The maximum atomic E-state index is 10.4. The van der Waals surface area contributed by atoms with Crippen LogP contribution in [-0.2, 0) is 6.42 Å². The van der Waals surface area contributed by atoms with Crippen LogP contribution in [0, 0.1) is 0 Å². The highest BCUT2D eigenvalue weighted by Gasteiger charge is 2.30. The fourth-order valence-electron chi connectivity index (χ4n) is 3.72. The van der Waals surface area contributed by atoms with Gasteiger partial charge in [0.1, 0.15) is 23.4 Å². The molecule has 0 spiro atoms. The van der Waals surface area contributed by atoms with Gasteiger partial charge in [0, 0.05) is 5.57 Å². The van der Waals surface area contributed by atoms with Gasteiger partial charge < -0.3 is 14.9 Å². The van der Waals surface area contributed by atoms with Gasteiger partial charge in [-0.05, 0) is 59.9 Å². The summed E-state index contributed by atoms with van der Waals surface area (Å²) < 4.78 is 6.35. The molecular formula is C24H22O3. The second-order valence-corrected chi connectivity index (χ2v) is 6.83. The molecule has 0 saturated carbocycles. The largest absolute Gasteiger partial charge is 0.508 e. The van der Waals surface area contributed by atoms with E-state index in [4.69, 9.17) is 4.74 Å². The van der Waals surface area contributed by atoms with Crippen LogP contribution in [0.15, 0.2) is 66.7 Å². The topological polar surface area (TPSA) is 49.7 Å². The Bertz CT molecular complexity index is 1020. The number of aryl methyl sites for hydroxylation is 1.